The molecule has 3 nitrogen and oxygen atoms in total. The van der Waals surface area contributed by atoms with E-state index in [1.54, 1.807) is 13.2 Å². The number of ether oxygens (including phenoxy) is 1. The van der Waals surface area contributed by atoms with Gasteiger partial charge >= 0.3 is 0 Å². The molecule has 1 aromatic carbocycles. The van der Waals surface area contributed by atoms with E-state index in [-0.39, 0.29) is 5.91 Å². The number of hydrogen-bond donors (Lipinski definition) is 0. The van der Waals surface area contributed by atoms with Crippen molar-refractivity contribution in [3.05, 3.63) is 28.2 Å². The van der Waals surface area contributed by atoms with Crippen molar-refractivity contribution in [3.8, 4) is 5.75 Å². The molecule has 104 valence electrons. The average molecular weight is 326 g/mol. The van der Waals surface area contributed by atoms with Gasteiger partial charge in [-0.05, 0) is 52.4 Å². The Hall–Kier alpha value is -1.03. The summed E-state index contributed by atoms with van der Waals surface area (Å²) in [5.41, 5.74) is 1.03. The highest BCUT2D eigenvalue weighted by Gasteiger charge is 2.29. The molecule has 1 saturated heterocycles. The molecule has 0 atom stereocenters. The fraction of sp³-hybridized carbons (Fsp3) is 0.533. The van der Waals surface area contributed by atoms with Gasteiger partial charge in [0.05, 0.1) is 12.7 Å². The summed E-state index contributed by atoms with van der Waals surface area (Å²) in [6.45, 7) is 6.18. The Morgan fingerprint density at radius 1 is 1.32 bits per heavy atom. The SMILES string of the molecule is COc1ccc(Br)c(C(=O)N2CCC(C)(C)CC2)c1. The fourth-order valence-electron chi connectivity index (χ4n) is 2.28. The molecule has 0 saturated carbocycles. The van der Waals surface area contributed by atoms with E-state index in [0.717, 1.165) is 30.4 Å². The highest BCUT2D eigenvalue weighted by atomic mass is 79.9. The van der Waals surface area contributed by atoms with Crippen LogP contribution in [0.15, 0.2) is 22.7 Å². The van der Waals surface area contributed by atoms with Crippen LogP contribution in [0.3, 0.4) is 0 Å². The lowest BCUT2D eigenvalue weighted by Crippen LogP contribution is -2.41. The lowest BCUT2D eigenvalue weighted by molar-refractivity contribution is 0.0629. The molecule has 1 fully saturated rings. The first-order valence-electron chi connectivity index (χ1n) is 6.56. The first kappa shape index (κ1) is 14.4. The van der Waals surface area contributed by atoms with E-state index in [2.05, 4.69) is 29.8 Å². The van der Waals surface area contributed by atoms with E-state index in [4.69, 9.17) is 4.74 Å². The Labute approximate surface area is 123 Å². The van der Waals surface area contributed by atoms with Crippen LogP contribution in [0.25, 0.3) is 0 Å². The molecule has 0 aromatic heterocycles. The third kappa shape index (κ3) is 3.30. The van der Waals surface area contributed by atoms with Crippen molar-refractivity contribution in [1.82, 2.24) is 4.90 Å². The molecule has 1 amide bonds. The molecule has 0 aliphatic carbocycles. The van der Waals surface area contributed by atoms with Gasteiger partial charge in [0.1, 0.15) is 5.75 Å². The average Bonchev–Trinajstić information content (AvgIpc) is 2.38. The summed E-state index contributed by atoms with van der Waals surface area (Å²) in [4.78, 5) is 14.5. The first-order valence-corrected chi connectivity index (χ1v) is 7.35. The second-order valence-electron chi connectivity index (χ2n) is 5.80. The van der Waals surface area contributed by atoms with Crippen LogP contribution >= 0.6 is 15.9 Å². The van der Waals surface area contributed by atoms with Gasteiger partial charge in [-0.25, -0.2) is 0 Å². The summed E-state index contributed by atoms with van der Waals surface area (Å²) < 4.78 is 6.01. The zero-order valence-electron chi connectivity index (χ0n) is 11.7. The molecule has 0 radical (unpaired) electrons. The number of carbonyl (C=O) groups is 1. The number of hydrogen-bond acceptors (Lipinski definition) is 2. The van der Waals surface area contributed by atoms with Gasteiger partial charge in [-0.2, -0.15) is 0 Å². The van der Waals surface area contributed by atoms with Crippen LogP contribution in [0.1, 0.15) is 37.0 Å². The van der Waals surface area contributed by atoms with Crippen LogP contribution in [-0.2, 0) is 0 Å². The van der Waals surface area contributed by atoms with Gasteiger partial charge in [-0.15, -0.1) is 0 Å². The molecule has 19 heavy (non-hydrogen) atoms. The maximum atomic E-state index is 12.5. The van der Waals surface area contributed by atoms with Crippen molar-refractivity contribution in [2.24, 2.45) is 5.41 Å². The van der Waals surface area contributed by atoms with Crippen LogP contribution in [0.5, 0.6) is 5.75 Å². The maximum absolute atomic E-state index is 12.5. The van der Waals surface area contributed by atoms with Crippen molar-refractivity contribution in [1.29, 1.82) is 0 Å². The standard InChI is InChI=1S/C15H20BrNO2/c1-15(2)6-8-17(9-7-15)14(18)12-10-11(19-3)4-5-13(12)16/h4-5,10H,6-9H2,1-3H3. The minimum absolute atomic E-state index is 0.0845. The molecule has 0 spiro atoms. The van der Waals surface area contributed by atoms with Crippen molar-refractivity contribution < 1.29 is 9.53 Å². The Morgan fingerprint density at radius 3 is 2.53 bits per heavy atom. The number of halogens is 1. The van der Waals surface area contributed by atoms with E-state index in [0.29, 0.717) is 16.7 Å². The van der Waals surface area contributed by atoms with Gasteiger partial charge in [-0.3, -0.25) is 4.79 Å². The summed E-state index contributed by atoms with van der Waals surface area (Å²) in [7, 11) is 1.61. The molecule has 1 aliphatic heterocycles. The summed E-state index contributed by atoms with van der Waals surface area (Å²) >= 11 is 3.45. The Balaban J connectivity index is 2.16. The van der Waals surface area contributed by atoms with Crippen LogP contribution in [0.4, 0.5) is 0 Å². The van der Waals surface area contributed by atoms with E-state index < -0.39 is 0 Å². The number of methoxy groups -OCH3 is 1. The molecule has 0 N–H and O–H groups in total. The Morgan fingerprint density at radius 2 is 1.95 bits per heavy atom. The third-order valence-electron chi connectivity index (χ3n) is 3.81. The number of rotatable bonds is 2. The number of amides is 1. The van der Waals surface area contributed by atoms with E-state index in [9.17, 15) is 4.79 Å². The summed E-state index contributed by atoms with van der Waals surface area (Å²) in [5.74, 6) is 0.796. The molecule has 1 aliphatic rings. The van der Waals surface area contributed by atoms with Gasteiger partial charge in [0.15, 0.2) is 0 Å². The van der Waals surface area contributed by atoms with Crippen molar-refractivity contribution in [2.75, 3.05) is 20.2 Å². The zero-order valence-corrected chi connectivity index (χ0v) is 13.3. The monoisotopic (exact) mass is 325 g/mol. The molecular weight excluding hydrogens is 306 g/mol. The Bertz CT molecular complexity index is 475. The molecular formula is C15H20BrNO2. The number of carbonyl (C=O) groups excluding carboxylic acids is 1. The molecule has 1 aromatic rings. The van der Waals surface area contributed by atoms with Crippen LogP contribution in [-0.4, -0.2) is 31.0 Å². The molecule has 4 heteroatoms. The van der Waals surface area contributed by atoms with E-state index >= 15 is 0 Å². The van der Waals surface area contributed by atoms with Crippen LogP contribution in [0.2, 0.25) is 0 Å². The summed E-state index contributed by atoms with van der Waals surface area (Å²) in [5, 5.41) is 0. The maximum Gasteiger partial charge on any atom is 0.255 e. The fourth-order valence-corrected chi connectivity index (χ4v) is 2.70. The number of benzene rings is 1. The molecule has 2 rings (SSSR count). The van der Waals surface area contributed by atoms with Gasteiger partial charge in [0.2, 0.25) is 0 Å². The number of nitrogens with zero attached hydrogens (tertiary/aromatic N) is 1. The second kappa shape index (κ2) is 5.53. The highest BCUT2D eigenvalue weighted by molar-refractivity contribution is 9.10. The minimum Gasteiger partial charge on any atom is -0.497 e. The predicted molar refractivity (Wildman–Crippen MR) is 79.6 cm³/mol. The van der Waals surface area contributed by atoms with Gasteiger partial charge in [0, 0.05) is 17.6 Å². The quantitative estimate of drug-likeness (QED) is 0.829. The van der Waals surface area contributed by atoms with Gasteiger partial charge in [0.25, 0.3) is 5.91 Å². The topological polar surface area (TPSA) is 29.5 Å². The minimum atomic E-state index is 0.0845. The van der Waals surface area contributed by atoms with Gasteiger partial charge in [-0.1, -0.05) is 13.8 Å². The Kier molecular flexibility index (Phi) is 4.19. The van der Waals surface area contributed by atoms with Crippen molar-refractivity contribution in [2.45, 2.75) is 26.7 Å². The lowest BCUT2D eigenvalue weighted by Gasteiger charge is -2.37. The van der Waals surface area contributed by atoms with Crippen LogP contribution < -0.4 is 4.74 Å². The van der Waals surface area contributed by atoms with Crippen LogP contribution in [0, 0.1) is 5.41 Å². The van der Waals surface area contributed by atoms with Gasteiger partial charge < -0.3 is 9.64 Å². The summed E-state index contributed by atoms with van der Waals surface area (Å²) in [6.07, 6.45) is 2.11. The molecule has 0 bridgehead atoms. The molecule has 1 heterocycles. The smallest absolute Gasteiger partial charge is 0.255 e. The van der Waals surface area contributed by atoms with E-state index in [1.807, 2.05) is 17.0 Å². The third-order valence-corrected chi connectivity index (χ3v) is 4.50. The first-order chi connectivity index (χ1) is 8.93. The predicted octanol–water partition coefficient (Wildman–Crippen LogP) is 3.72. The molecule has 0 unspecified atom stereocenters. The largest absolute Gasteiger partial charge is 0.497 e. The zero-order chi connectivity index (χ0) is 14.0. The van der Waals surface area contributed by atoms with E-state index in [1.165, 1.54) is 0 Å². The summed E-state index contributed by atoms with van der Waals surface area (Å²) in [6, 6.07) is 5.51. The van der Waals surface area contributed by atoms with Crippen molar-refractivity contribution >= 4 is 21.8 Å². The highest BCUT2D eigenvalue weighted by Crippen LogP contribution is 2.31. The number of likely N-dealkylation sites (tertiary alicyclic amines) is 1. The number of piperidine rings is 1. The lowest BCUT2D eigenvalue weighted by atomic mass is 9.82. The normalized spacial score (nSPS) is 18.2. The second-order valence-corrected chi connectivity index (χ2v) is 6.66. The van der Waals surface area contributed by atoms with Crippen molar-refractivity contribution in [3.63, 3.8) is 0 Å².